The first-order valence-corrected chi connectivity index (χ1v) is 17.5. The zero-order chi connectivity index (χ0) is 34.9. The molecule has 0 fully saturated rings. The molecule has 1 unspecified atom stereocenters. The molecule has 9 heteroatoms. The van der Waals surface area contributed by atoms with Crippen molar-refractivity contribution < 1.29 is 14.4 Å². The Hall–Kier alpha value is -5.43. The lowest BCUT2D eigenvalue weighted by atomic mass is 10.0. The number of nitrogens with zero attached hydrogens (tertiary/aromatic N) is 1. The first kappa shape index (κ1) is 34.9. The second kappa shape index (κ2) is 16.1. The third kappa shape index (κ3) is 9.14. The molecule has 0 aliphatic rings. The maximum absolute atomic E-state index is 13.6. The number of thiophene rings is 1. The molecule has 0 radical (unpaired) electrons. The molecule has 1 aromatic heterocycles. The monoisotopic (exact) mass is 684 g/mol. The summed E-state index contributed by atoms with van der Waals surface area (Å²) in [5.74, 6) is -0.775. The normalized spacial score (nSPS) is 11.8. The molecule has 0 saturated carbocycles. The van der Waals surface area contributed by atoms with Crippen molar-refractivity contribution in [3.63, 3.8) is 0 Å². The van der Waals surface area contributed by atoms with Gasteiger partial charge in [-0.1, -0.05) is 92.2 Å². The largest absolute Gasteiger partial charge is 0.321 e. The Morgan fingerprint density at radius 2 is 1.57 bits per heavy atom. The minimum atomic E-state index is -0.503. The molecule has 0 aliphatic carbocycles. The van der Waals surface area contributed by atoms with Gasteiger partial charge < -0.3 is 16.0 Å². The van der Waals surface area contributed by atoms with Crippen LogP contribution in [0.4, 0.5) is 10.7 Å². The summed E-state index contributed by atoms with van der Waals surface area (Å²) in [4.78, 5) is 40.6. The van der Waals surface area contributed by atoms with Gasteiger partial charge in [-0.2, -0.15) is 5.26 Å². The Morgan fingerprint density at radius 3 is 2.24 bits per heavy atom. The minimum absolute atomic E-state index is 0.0891. The van der Waals surface area contributed by atoms with Gasteiger partial charge in [-0.05, 0) is 72.9 Å². The number of hydrogen-bond donors (Lipinski definition) is 3. The Labute approximate surface area is 295 Å². The van der Waals surface area contributed by atoms with E-state index < -0.39 is 17.1 Å². The van der Waals surface area contributed by atoms with Crippen molar-refractivity contribution in [1.82, 2.24) is 5.32 Å². The minimum Gasteiger partial charge on any atom is -0.321 e. The first-order valence-electron chi connectivity index (χ1n) is 15.8. The van der Waals surface area contributed by atoms with Crippen molar-refractivity contribution >= 4 is 57.6 Å². The highest BCUT2D eigenvalue weighted by Crippen LogP contribution is 2.36. The van der Waals surface area contributed by atoms with E-state index in [1.54, 1.807) is 55.5 Å². The van der Waals surface area contributed by atoms with E-state index in [2.05, 4.69) is 35.9 Å². The van der Waals surface area contributed by atoms with Crippen molar-refractivity contribution in [2.75, 3.05) is 10.6 Å². The lowest BCUT2D eigenvalue weighted by molar-refractivity contribution is -0.115. The number of carbonyl (C=O) groups excluding carboxylic acids is 3. The van der Waals surface area contributed by atoms with Crippen LogP contribution >= 0.6 is 23.1 Å². The molecule has 0 spiro atoms. The standard InChI is InChI=1S/C40H36N4O3S2/c1-25(2)29-19-15-28(16-20-29)21-36(43-38(46)31-9-6-5-7-10-31)39(47)42-32-11-8-12-33(22-32)49-27(4)37(45)44-40-34(23-41)35(24-48-40)30-17-13-26(3)14-18-30/h5-22,24-25,27H,1-4H3,(H,42,47)(H,43,46)(H,44,45)/b36-21+. The molecule has 0 aliphatic heterocycles. The second-order valence-electron chi connectivity index (χ2n) is 11.8. The summed E-state index contributed by atoms with van der Waals surface area (Å²) in [7, 11) is 0. The van der Waals surface area contributed by atoms with Crippen LogP contribution in [0, 0.1) is 18.3 Å². The summed E-state index contributed by atoms with van der Waals surface area (Å²) in [6, 6.07) is 33.9. The maximum atomic E-state index is 13.6. The Kier molecular flexibility index (Phi) is 11.5. The van der Waals surface area contributed by atoms with Gasteiger partial charge in [0.05, 0.1) is 10.8 Å². The van der Waals surface area contributed by atoms with E-state index in [-0.39, 0.29) is 11.6 Å². The summed E-state index contributed by atoms with van der Waals surface area (Å²) < 4.78 is 0. The summed E-state index contributed by atoms with van der Waals surface area (Å²) in [5, 5.41) is 20.4. The number of anilines is 2. The van der Waals surface area contributed by atoms with E-state index in [9.17, 15) is 19.6 Å². The number of hydrogen-bond acceptors (Lipinski definition) is 6. The SMILES string of the molecule is Cc1ccc(-c2csc(NC(=O)C(C)Sc3cccc(NC(=O)/C(=C\c4ccc(C(C)C)cc4)NC(=O)c4ccccc4)c3)c2C#N)cc1. The molecule has 7 nitrogen and oxygen atoms in total. The van der Waals surface area contributed by atoms with E-state index in [1.807, 2.05) is 73.0 Å². The van der Waals surface area contributed by atoms with Gasteiger partial charge in [-0.3, -0.25) is 14.4 Å². The molecule has 246 valence electrons. The number of carbonyl (C=O) groups is 3. The Bertz CT molecular complexity index is 2030. The lowest BCUT2D eigenvalue weighted by Crippen LogP contribution is -2.30. The van der Waals surface area contributed by atoms with Crippen LogP contribution in [0.5, 0.6) is 0 Å². The molecule has 3 amide bonds. The molecular formula is C40H36N4O3S2. The Morgan fingerprint density at radius 1 is 0.857 bits per heavy atom. The molecule has 49 heavy (non-hydrogen) atoms. The van der Waals surface area contributed by atoms with E-state index in [4.69, 9.17) is 0 Å². The summed E-state index contributed by atoms with van der Waals surface area (Å²) >= 11 is 2.65. The van der Waals surface area contributed by atoms with Crippen LogP contribution in [-0.2, 0) is 9.59 Å². The maximum Gasteiger partial charge on any atom is 0.272 e. The molecule has 5 aromatic rings. The zero-order valence-corrected chi connectivity index (χ0v) is 29.2. The molecule has 1 heterocycles. The van der Waals surface area contributed by atoms with Crippen LogP contribution in [0.15, 0.2) is 119 Å². The van der Waals surface area contributed by atoms with Crippen LogP contribution in [0.3, 0.4) is 0 Å². The fraction of sp³-hybridized carbons (Fsp3) is 0.150. The second-order valence-corrected chi connectivity index (χ2v) is 14.1. The van der Waals surface area contributed by atoms with E-state index in [1.165, 1.54) is 28.7 Å². The average molecular weight is 685 g/mol. The number of aryl methyl sites for hydroxylation is 1. The third-order valence-corrected chi connectivity index (χ3v) is 9.71. The van der Waals surface area contributed by atoms with Gasteiger partial charge in [0.1, 0.15) is 16.8 Å². The summed E-state index contributed by atoms with van der Waals surface area (Å²) in [6.45, 7) is 8.02. The van der Waals surface area contributed by atoms with Crippen molar-refractivity contribution in [3.05, 3.63) is 142 Å². The smallest absolute Gasteiger partial charge is 0.272 e. The number of amides is 3. The molecule has 0 saturated heterocycles. The first-order chi connectivity index (χ1) is 23.6. The van der Waals surface area contributed by atoms with Crippen molar-refractivity contribution in [2.24, 2.45) is 0 Å². The highest BCUT2D eigenvalue weighted by molar-refractivity contribution is 8.00. The van der Waals surface area contributed by atoms with Gasteiger partial charge in [0.25, 0.3) is 11.8 Å². The third-order valence-electron chi connectivity index (χ3n) is 7.72. The molecular weight excluding hydrogens is 649 g/mol. The van der Waals surface area contributed by atoms with Gasteiger partial charge in [0.2, 0.25) is 5.91 Å². The number of rotatable bonds is 11. The van der Waals surface area contributed by atoms with E-state index >= 15 is 0 Å². The highest BCUT2D eigenvalue weighted by Gasteiger charge is 2.21. The predicted molar refractivity (Wildman–Crippen MR) is 201 cm³/mol. The van der Waals surface area contributed by atoms with Gasteiger partial charge in [-0.15, -0.1) is 23.1 Å². The van der Waals surface area contributed by atoms with Gasteiger partial charge in [-0.25, -0.2) is 0 Å². The quantitative estimate of drug-likeness (QED) is 0.0949. The number of nitriles is 1. The van der Waals surface area contributed by atoms with Crippen molar-refractivity contribution in [2.45, 2.75) is 43.8 Å². The van der Waals surface area contributed by atoms with Crippen LogP contribution in [0.2, 0.25) is 0 Å². The fourth-order valence-electron chi connectivity index (χ4n) is 4.91. The van der Waals surface area contributed by atoms with Crippen LogP contribution < -0.4 is 16.0 Å². The summed E-state index contributed by atoms with van der Waals surface area (Å²) in [5.41, 5.74) is 6.22. The van der Waals surface area contributed by atoms with E-state index in [0.717, 1.165) is 27.1 Å². The van der Waals surface area contributed by atoms with Crippen LogP contribution in [0.25, 0.3) is 17.2 Å². The molecule has 4 aromatic carbocycles. The Balaban J connectivity index is 1.29. The highest BCUT2D eigenvalue weighted by atomic mass is 32.2. The topological polar surface area (TPSA) is 111 Å². The zero-order valence-electron chi connectivity index (χ0n) is 27.6. The predicted octanol–water partition coefficient (Wildman–Crippen LogP) is 9.25. The fourth-order valence-corrected chi connectivity index (χ4v) is 6.76. The molecule has 3 N–H and O–H groups in total. The molecule has 0 bridgehead atoms. The van der Waals surface area contributed by atoms with Crippen LogP contribution in [-0.4, -0.2) is 23.0 Å². The van der Waals surface area contributed by atoms with Gasteiger partial charge >= 0.3 is 0 Å². The molecule has 1 atom stereocenters. The van der Waals surface area contributed by atoms with Crippen molar-refractivity contribution in [1.29, 1.82) is 5.26 Å². The van der Waals surface area contributed by atoms with E-state index in [0.29, 0.717) is 27.7 Å². The number of thioether (sulfide) groups is 1. The summed E-state index contributed by atoms with van der Waals surface area (Å²) in [6.07, 6.45) is 1.65. The van der Waals surface area contributed by atoms with Gasteiger partial charge in [0, 0.05) is 27.1 Å². The van der Waals surface area contributed by atoms with Crippen molar-refractivity contribution in [3.8, 4) is 17.2 Å². The van der Waals surface area contributed by atoms with Gasteiger partial charge in [0.15, 0.2) is 0 Å². The lowest BCUT2D eigenvalue weighted by Gasteiger charge is -2.14. The number of benzene rings is 4. The van der Waals surface area contributed by atoms with Crippen LogP contribution in [0.1, 0.15) is 59.3 Å². The molecule has 5 rings (SSSR count). The number of nitrogens with one attached hydrogen (secondary N) is 3. The average Bonchev–Trinajstić information content (AvgIpc) is 3.51.